The van der Waals surface area contributed by atoms with Crippen LogP contribution < -0.4 is 15.6 Å². The molecule has 0 aliphatic carbocycles. The Hall–Kier alpha value is -1.83. The molecule has 0 heterocycles. The summed E-state index contributed by atoms with van der Waals surface area (Å²) in [6.45, 7) is 8.81. The van der Waals surface area contributed by atoms with Crippen LogP contribution in [0.25, 0.3) is 0 Å². The molecule has 0 bridgehead atoms. The molecule has 0 aromatic heterocycles. The van der Waals surface area contributed by atoms with Gasteiger partial charge >= 0.3 is 0 Å². The van der Waals surface area contributed by atoms with Crippen molar-refractivity contribution in [2.75, 3.05) is 0 Å². The lowest BCUT2D eigenvalue weighted by Gasteiger charge is -2.30. The van der Waals surface area contributed by atoms with Crippen LogP contribution >= 0.6 is 11.1 Å². The van der Waals surface area contributed by atoms with E-state index in [2.05, 4.69) is 94.4 Å². The molecule has 0 saturated heterocycles. The Morgan fingerprint density at radius 1 is 0.625 bits per heavy atom. The van der Waals surface area contributed by atoms with E-state index in [1.54, 1.807) is 0 Å². The molecule has 0 radical (unpaired) electrons. The van der Waals surface area contributed by atoms with Gasteiger partial charge in [0.25, 0.3) is 0 Å². The maximum atomic E-state index is 7.56. The van der Waals surface area contributed by atoms with E-state index < -0.39 is 7.38 Å². The molecule has 0 aliphatic rings. The van der Waals surface area contributed by atoms with Crippen LogP contribution in [0.2, 0.25) is 0 Å². The van der Waals surface area contributed by atoms with Crippen LogP contribution in [0, 0.1) is 27.7 Å². The molecule has 0 spiro atoms. The van der Waals surface area contributed by atoms with Crippen LogP contribution in [-0.4, -0.2) is 7.38 Å². The Morgan fingerprint density at radius 2 is 1.08 bits per heavy atom. The van der Waals surface area contributed by atoms with E-state index in [-0.39, 0.29) is 0 Å². The van der Waals surface area contributed by atoms with Crippen molar-refractivity contribution in [1.29, 1.82) is 0 Å². The maximum absolute atomic E-state index is 7.56. The topological polar surface area (TPSA) is 0 Å². The standard InChI is InChI=1S/C22H23ClSi/c1-16-15-22(19(4)18(3)17(16)2)24(23,20-11-7-5-8-12-20)21-13-9-6-10-14-21/h5-15H,1-4H3. The zero-order valence-electron chi connectivity index (χ0n) is 14.7. The van der Waals surface area contributed by atoms with Crippen LogP contribution in [0.5, 0.6) is 0 Å². The van der Waals surface area contributed by atoms with Gasteiger partial charge in [-0.2, -0.15) is 0 Å². The number of hydrogen-bond donors (Lipinski definition) is 0. The predicted octanol–water partition coefficient (Wildman–Crippen LogP) is 4.13. The highest BCUT2D eigenvalue weighted by Gasteiger charge is 2.39. The quantitative estimate of drug-likeness (QED) is 0.378. The molecule has 0 fully saturated rings. The minimum Gasteiger partial charge on any atom is -0.149 e. The van der Waals surface area contributed by atoms with Gasteiger partial charge in [0, 0.05) is 0 Å². The molecule has 3 aromatic carbocycles. The SMILES string of the molecule is Cc1cc([Si](Cl)(c2ccccc2)c2ccccc2)c(C)c(C)c1C. The van der Waals surface area contributed by atoms with Gasteiger partial charge in [0.15, 0.2) is 0 Å². The van der Waals surface area contributed by atoms with Gasteiger partial charge in [0.05, 0.1) is 0 Å². The van der Waals surface area contributed by atoms with Crippen molar-refractivity contribution < 1.29 is 0 Å². The Kier molecular flexibility index (Phi) is 4.66. The van der Waals surface area contributed by atoms with Crippen LogP contribution in [-0.2, 0) is 0 Å². The maximum Gasteiger partial charge on any atom is 0.248 e. The fraction of sp³-hybridized carbons (Fsp3) is 0.182. The fourth-order valence-corrected chi connectivity index (χ4v) is 8.11. The zero-order chi connectivity index (χ0) is 17.3. The van der Waals surface area contributed by atoms with E-state index in [9.17, 15) is 0 Å². The largest absolute Gasteiger partial charge is 0.248 e. The molecule has 122 valence electrons. The van der Waals surface area contributed by atoms with E-state index >= 15 is 0 Å². The number of benzene rings is 3. The van der Waals surface area contributed by atoms with Gasteiger partial charge in [-0.15, -0.1) is 11.1 Å². The first-order valence-corrected chi connectivity index (χ1v) is 11.3. The van der Waals surface area contributed by atoms with E-state index in [0.29, 0.717) is 0 Å². The second kappa shape index (κ2) is 6.58. The average molecular weight is 351 g/mol. The first kappa shape index (κ1) is 17.0. The predicted molar refractivity (Wildman–Crippen MR) is 109 cm³/mol. The van der Waals surface area contributed by atoms with Gasteiger partial charge in [0.1, 0.15) is 0 Å². The molecular weight excluding hydrogens is 328 g/mol. The first-order chi connectivity index (χ1) is 11.5. The first-order valence-electron chi connectivity index (χ1n) is 8.34. The Bertz CT molecular complexity index is 815. The van der Waals surface area contributed by atoms with Crippen LogP contribution in [0.1, 0.15) is 22.3 Å². The van der Waals surface area contributed by atoms with Gasteiger partial charge < -0.3 is 0 Å². The molecule has 0 nitrogen and oxygen atoms in total. The van der Waals surface area contributed by atoms with E-state index in [4.69, 9.17) is 11.1 Å². The molecule has 0 aliphatic heterocycles. The smallest absolute Gasteiger partial charge is 0.149 e. The molecule has 0 amide bonds. The molecule has 2 heteroatoms. The summed E-state index contributed by atoms with van der Waals surface area (Å²) in [7, 11) is -2.54. The molecule has 0 N–H and O–H groups in total. The van der Waals surface area contributed by atoms with Crippen molar-refractivity contribution in [2.45, 2.75) is 27.7 Å². The number of rotatable bonds is 3. The van der Waals surface area contributed by atoms with Crippen molar-refractivity contribution in [3.63, 3.8) is 0 Å². The third-order valence-corrected chi connectivity index (χ3v) is 10.6. The van der Waals surface area contributed by atoms with E-state index in [1.807, 2.05) is 0 Å². The normalized spacial score (nSPS) is 11.5. The molecule has 3 rings (SSSR count). The lowest BCUT2D eigenvalue weighted by molar-refractivity contribution is 1.23. The lowest BCUT2D eigenvalue weighted by atomic mass is 10.00. The summed E-state index contributed by atoms with van der Waals surface area (Å²) in [4.78, 5) is 0. The fourth-order valence-electron chi connectivity index (χ4n) is 3.38. The summed E-state index contributed by atoms with van der Waals surface area (Å²) in [6.07, 6.45) is 0. The highest BCUT2D eigenvalue weighted by molar-refractivity contribution is 7.40. The molecule has 3 aromatic rings. The minimum absolute atomic E-state index is 1.24. The highest BCUT2D eigenvalue weighted by atomic mass is 35.6. The van der Waals surface area contributed by atoms with Gasteiger partial charge in [-0.1, -0.05) is 66.7 Å². The van der Waals surface area contributed by atoms with Crippen molar-refractivity contribution in [3.05, 3.63) is 89.0 Å². The van der Waals surface area contributed by atoms with E-state index in [0.717, 1.165) is 0 Å². The summed E-state index contributed by atoms with van der Waals surface area (Å²) >= 11 is 7.56. The van der Waals surface area contributed by atoms with Crippen molar-refractivity contribution in [2.24, 2.45) is 0 Å². The minimum atomic E-state index is -2.54. The van der Waals surface area contributed by atoms with Crippen molar-refractivity contribution in [3.8, 4) is 0 Å². The lowest BCUT2D eigenvalue weighted by Crippen LogP contribution is -2.63. The molecule has 0 atom stereocenters. The Morgan fingerprint density at radius 3 is 1.54 bits per heavy atom. The monoisotopic (exact) mass is 350 g/mol. The molecule has 0 saturated carbocycles. The summed E-state index contributed by atoms with van der Waals surface area (Å²) in [5, 5.41) is 3.79. The van der Waals surface area contributed by atoms with Crippen molar-refractivity contribution >= 4 is 34.0 Å². The zero-order valence-corrected chi connectivity index (χ0v) is 16.5. The summed E-state index contributed by atoms with van der Waals surface area (Å²) in [6, 6.07) is 23.5. The van der Waals surface area contributed by atoms with Gasteiger partial charge in [-0.05, 0) is 65.5 Å². The van der Waals surface area contributed by atoms with E-state index in [1.165, 1.54) is 37.8 Å². The summed E-state index contributed by atoms with van der Waals surface area (Å²) in [5.41, 5.74) is 5.37. The number of halogens is 1. The van der Waals surface area contributed by atoms with Crippen LogP contribution in [0.3, 0.4) is 0 Å². The van der Waals surface area contributed by atoms with Gasteiger partial charge in [-0.3, -0.25) is 0 Å². The molecule has 0 unspecified atom stereocenters. The summed E-state index contributed by atoms with van der Waals surface area (Å²) in [5.74, 6) is 0. The number of aryl methyl sites for hydroxylation is 1. The summed E-state index contributed by atoms with van der Waals surface area (Å²) < 4.78 is 0. The Balaban J connectivity index is 2.36. The third-order valence-electron chi connectivity index (χ3n) is 5.20. The van der Waals surface area contributed by atoms with Gasteiger partial charge in [0.2, 0.25) is 7.38 Å². The van der Waals surface area contributed by atoms with Crippen molar-refractivity contribution in [1.82, 2.24) is 0 Å². The second-order valence-corrected chi connectivity index (χ2v) is 11.2. The van der Waals surface area contributed by atoms with Crippen LogP contribution in [0.15, 0.2) is 66.7 Å². The van der Waals surface area contributed by atoms with Crippen LogP contribution in [0.4, 0.5) is 0 Å². The second-order valence-electron chi connectivity index (χ2n) is 6.51. The van der Waals surface area contributed by atoms with Gasteiger partial charge in [-0.25, -0.2) is 0 Å². The Labute approximate surface area is 150 Å². The molecule has 24 heavy (non-hydrogen) atoms. The third kappa shape index (κ3) is 2.72. The average Bonchev–Trinajstić information content (AvgIpc) is 2.64. The molecular formula is C22H23ClSi. The highest BCUT2D eigenvalue weighted by Crippen LogP contribution is 2.21. The number of hydrogen-bond acceptors (Lipinski definition) is 0.